The van der Waals surface area contributed by atoms with Crippen molar-refractivity contribution in [1.29, 1.82) is 0 Å². The van der Waals surface area contributed by atoms with E-state index < -0.39 is 0 Å². The fourth-order valence-corrected chi connectivity index (χ4v) is 2.45. The summed E-state index contributed by atoms with van der Waals surface area (Å²) in [7, 11) is 0. The van der Waals surface area contributed by atoms with E-state index in [0.29, 0.717) is 28.6 Å². The van der Waals surface area contributed by atoms with Crippen molar-refractivity contribution in [3.05, 3.63) is 64.2 Å². The molecule has 0 atom stereocenters. The maximum Gasteiger partial charge on any atom is 0.258 e. The minimum absolute atomic E-state index is 0.126. The molecular formula is C17H14N2O4. The summed E-state index contributed by atoms with van der Waals surface area (Å²) >= 11 is 0. The lowest BCUT2D eigenvalue weighted by atomic mass is 10.3. The van der Waals surface area contributed by atoms with Crippen LogP contribution in [0.5, 0.6) is 17.2 Å². The molecule has 0 unspecified atom stereocenters. The molecule has 0 fully saturated rings. The number of aromatic nitrogens is 2. The Bertz CT molecular complexity index is 949. The Kier molecular flexibility index (Phi) is 3.15. The molecule has 23 heavy (non-hydrogen) atoms. The van der Waals surface area contributed by atoms with E-state index in [9.17, 15) is 4.79 Å². The van der Waals surface area contributed by atoms with Gasteiger partial charge in [0.1, 0.15) is 18.0 Å². The number of pyridine rings is 1. The molecule has 0 radical (unpaired) electrons. The minimum Gasteiger partial charge on any atom is -0.487 e. The predicted molar refractivity (Wildman–Crippen MR) is 83.1 cm³/mol. The van der Waals surface area contributed by atoms with E-state index in [1.54, 1.807) is 24.4 Å². The highest BCUT2D eigenvalue weighted by molar-refractivity contribution is 5.47. The normalized spacial score (nSPS) is 12.6. The lowest BCUT2D eigenvalue weighted by Gasteiger charge is -2.08. The smallest absolute Gasteiger partial charge is 0.258 e. The van der Waals surface area contributed by atoms with Gasteiger partial charge in [0.2, 0.25) is 6.79 Å². The molecule has 0 N–H and O–H groups in total. The molecule has 0 bridgehead atoms. The molecule has 4 rings (SSSR count). The van der Waals surface area contributed by atoms with Gasteiger partial charge >= 0.3 is 0 Å². The number of hydrogen-bond donors (Lipinski definition) is 0. The zero-order chi connectivity index (χ0) is 15.8. The molecule has 1 aliphatic heterocycles. The van der Waals surface area contributed by atoms with Gasteiger partial charge in [-0.15, -0.1) is 0 Å². The molecule has 3 aromatic rings. The van der Waals surface area contributed by atoms with Crippen molar-refractivity contribution in [3.8, 4) is 17.2 Å². The topological polar surface area (TPSA) is 62.1 Å². The van der Waals surface area contributed by atoms with Crippen molar-refractivity contribution in [3.63, 3.8) is 0 Å². The first-order chi connectivity index (χ1) is 11.2. The Morgan fingerprint density at radius 3 is 2.96 bits per heavy atom. The van der Waals surface area contributed by atoms with Crippen molar-refractivity contribution < 1.29 is 14.2 Å². The van der Waals surface area contributed by atoms with Crippen LogP contribution in [0, 0.1) is 6.92 Å². The van der Waals surface area contributed by atoms with Gasteiger partial charge in [0.25, 0.3) is 5.56 Å². The van der Waals surface area contributed by atoms with Gasteiger partial charge in [-0.25, -0.2) is 4.98 Å². The molecule has 0 spiro atoms. The lowest BCUT2D eigenvalue weighted by molar-refractivity contribution is 0.173. The fraction of sp³-hybridized carbons (Fsp3) is 0.176. The molecule has 6 nitrogen and oxygen atoms in total. The summed E-state index contributed by atoms with van der Waals surface area (Å²) in [4.78, 5) is 16.6. The number of fused-ring (bicyclic) bond motifs is 2. The summed E-state index contributed by atoms with van der Waals surface area (Å²) < 4.78 is 17.8. The third-order valence-corrected chi connectivity index (χ3v) is 3.61. The maximum atomic E-state index is 12.1. The summed E-state index contributed by atoms with van der Waals surface area (Å²) in [6, 6.07) is 10.6. The van der Waals surface area contributed by atoms with Crippen LogP contribution >= 0.6 is 0 Å². The average molecular weight is 310 g/mol. The van der Waals surface area contributed by atoms with Crippen LogP contribution in [0.15, 0.2) is 47.4 Å². The first-order valence-corrected chi connectivity index (χ1v) is 7.20. The quantitative estimate of drug-likeness (QED) is 0.743. The Hall–Kier alpha value is -3.02. The first-order valence-electron chi connectivity index (χ1n) is 7.20. The second-order valence-electron chi connectivity index (χ2n) is 5.32. The number of ether oxygens (including phenoxy) is 3. The van der Waals surface area contributed by atoms with Crippen LogP contribution in [0.4, 0.5) is 0 Å². The third-order valence-electron chi connectivity index (χ3n) is 3.61. The Balaban J connectivity index is 1.59. The number of aryl methyl sites for hydroxylation is 1. The van der Waals surface area contributed by atoms with Gasteiger partial charge < -0.3 is 14.2 Å². The van der Waals surface area contributed by atoms with Gasteiger partial charge in [-0.2, -0.15) is 0 Å². The van der Waals surface area contributed by atoms with E-state index in [4.69, 9.17) is 14.2 Å². The standard InChI is InChI=1S/C17H14N2O4/c1-11-4-5-19-16(6-11)18-12(7-17(19)20)9-21-13-2-3-14-15(8-13)23-10-22-14/h2-8H,9-10H2,1H3. The van der Waals surface area contributed by atoms with Crippen LogP contribution in [-0.2, 0) is 6.61 Å². The number of hydrogen-bond acceptors (Lipinski definition) is 5. The molecule has 2 aromatic heterocycles. The number of benzene rings is 1. The zero-order valence-electron chi connectivity index (χ0n) is 12.5. The summed E-state index contributed by atoms with van der Waals surface area (Å²) in [5.41, 5.74) is 2.12. The highest BCUT2D eigenvalue weighted by Crippen LogP contribution is 2.35. The Morgan fingerprint density at radius 1 is 1.17 bits per heavy atom. The molecular weight excluding hydrogens is 296 g/mol. The van der Waals surface area contributed by atoms with E-state index in [-0.39, 0.29) is 19.0 Å². The van der Waals surface area contributed by atoms with E-state index in [0.717, 1.165) is 5.56 Å². The van der Waals surface area contributed by atoms with E-state index >= 15 is 0 Å². The average Bonchev–Trinajstić information content (AvgIpc) is 3.00. The second kappa shape index (κ2) is 5.31. The fourth-order valence-electron chi connectivity index (χ4n) is 2.45. The third kappa shape index (κ3) is 2.59. The van der Waals surface area contributed by atoms with Crippen LogP contribution in [0.1, 0.15) is 11.3 Å². The van der Waals surface area contributed by atoms with Crippen molar-refractivity contribution in [2.75, 3.05) is 6.79 Å². The molecule has 0 aliphatic carbocycles. The molecule has 6 heteroatoms. The molecule has 0 saturated heterocycles. The molecule has 3 heterocycles. The SMILES string of the molecule is Cc1ccn2c(=O)cc(COc3ccc4c(c3)OCO4)nc2c1. The van der Waals surface area contributed by atoms with Gasteiger partial charge in [0.05, 0.1) is 5.69 Å². The monoisotopic (exact) mass is 310 g/mol. The molecule has 0 saturated carbocycles. The minimum atomic E-state index is -0.126. The lowest BCUT2D eigenvalue weighted by Crippen LogP contribution is -2.16. The first kappa shape index (κ1) is 13.6. The van der Waals surface area contributed by atoms with Crippen LogP contribution in [0.3, 0.4) is 0 Å². The maximum absolute atomic E-state index is 12.1. The van der Waals surface area contributed by atoms with Gasteiger partial charge in [-0.05, 0) is 36.8 Å². The van der Waals surface area contributed by atoms with E-state index in [2.05, 4.69) is 4.98 Å². The molecule has 1 aliphatic rings. The Morgan fingerprint density at radius 2 is 2.04 bits per heavy atom. The van der Waals surface area contributed by atoms with Gasteiger partial charge in [-0.3, -0.25) is 9.20 Å². The highest BCUT2D eigenvalue weighted by atomic mass is 16.7. The van der Waals surface area contributed by atoms with Crippen LogP contribution < -0.4 is 19.8 Å². The zero-order valence-corrected chi connectivity index (χ0v) is 12.5. The van der Waals surface area contributed by atoms with Crippen molar-refractivity contribution >= 4 is 5.65 Å². The summed E-state index contributed by atoms with van der Waals surface area (Å²) in [5, 5.41) is 0. The molecule has 0 amide bonds. The van der Waals surface area contributed by atoms with Crippen LogP contribution in [0.25, 0.3) is 5.65 Å². The number of rotatable bonds is 3. The Labute approximate surface area is 131 Å². The van der Waals surface area contributed by atoms with Crippen LogP contribution in [-0.4, -0.2) is 16.2 Å². The van der Waals surface area contributed by atoms with Crippen LogP contribution in [0.2, 0.25) is 0 Å². The van der Waals surface area contributed by atoms with E-state index in [1.165, 1.54) is 10.5 Å². The predicted octanol–water partition coefficient (Wildman–Crippen LogP) is 2.31. The highest BCUT2D eigenvalue weighted by Gasteiger charge is 2.14. The summed E-state index contributed by atoms with van der Waals surface area (Å²) in [5.74, 6) is 2.00. The van der Waals surface area contributed by atoms with Gasteiger partial charge in [0.15, 0.2) is 11.5 Å². The molecule has 1 aromatic carbocycles. The van der Waals surface area contributed by atoms with E-state index in [1.807, 2.05) is 19.1 Å². The van der Waals surface area contributed by atoms with Gasteiger partial charge in [-0.1, -0.05) is 0 Å². The summed E-state index contributed by atoms with van der Waals surface area (Å²) in [6.07, 6.45) is 1.72. The van der Waals surface area contributed by atoms with Crippen molar-refractivity contribution in [1.82, 2.24) is 9.38 Å². The van der Waals surface area contributed by atoms with Crippen molar-refractivity contribution in [2.24, 2.45) is 0 Å². The molecule has 116 valence electrons. The number of nitrogens with zero attached hydrogens (tertiary/aromatic N) is 2. The van der Waals surface area contributed by atoms with Crippen molar-refractivity contribution in [2.45, 2.75) is 13.5 Å². The second-order valence-corrected chi connectivity index (χ2v) is 5.32. The van der Waals surface area contributed by atoms with Gasteiger partial charge in [0, 0.05) is 18.3 Å². The summed E-state index contributed by atoms with van der Waals surface area (Å²) in [6.45, 7) is 2.39. The largest absolute Gasteiger partial charge is 0.487 e.